The van der Waals surface area contributed by atoms with Gasteiger partial charge >= 0.3 is 0 Å². The van der Waals surface area contributed by atoms with Gasteiger partial charge in [-0.1, -0.05) is 31.9 Å². The molecule has 0 bridgehead atoms. The summed E-state index contributed by atoms with van der Waals surface area (Å²) in [4.78, 5) is 14.4. The number of halogens is 2. The van der Waals surface area contributed by atoms with Crippen LogP contribution in [0.25, 0.3) is 0 Å². The number of allylic oxidation sites excluding steroid dienone is 1. The summed E-state index contributed by atoms with van der Waals surface area (Å²) in [6, 6.07) is 10.2. The molecule has 0 aliphatic carbocycles. The Kier molecular flexibility index (Phi) is 6.34. The molecular formula is C18H15Br2NO3. The van der Waals surface area contributed by atoms with Gasteiger partial charge in [-0.15, -0.1) is 0 Å². The van der Waals surface area contributed by atoms with Crippen molar-refractivity contribution in [1.29, 1.82) is 0 Å². The van der Waals surface area contributed by atoms with Crippen molar-refractivity contribution in [3.8, 4) is 11.5 Å². The summed E-state index contributed by atoms with van der Waals surface area (Å²) in [6.07, 6.45) is 3.29. The van der Waals surface area contributed by atoms with Crippen molar-refractivity contribution in [2.24, 2.45) is 4.99 Å². The molecule has 2 N–H and O–H groups in total. The summed E-state index contributed by atoms with van der Waals surface area (Å²) >= 11 is 6.45. The van der Waals surface area contributed by atoms with Crippen LogP contribution in [0.5, 0.6) is 11.5 Å². The van der Waals surface area contributed by atoms with E-state index in [4.69, 9.17) is 5.11 Å². The zero-order valence-electron chi connectivity index (χ0n) is 12.8. The minimum Gasteiger partial charge on any atom is -0.507 e. The minimum absolute atomic E-state index is 0.00405. The lowest BCUT2D eigenvalue weighted by molar-refractivity contribution is 0.112. The molecule has 2 aromatic rings. The van der Waals surface area contributed by atoms with Crippen molar-refractivity contribution in [1.82, 2.24) is 0 Å². The topological polar surface area (TPSA) is 69.9 Å². The molecule has 124 valence electrons. The van der Waals surface area contributed by atoms with E-state index in [0.717, 1.165) is 26.6 Å². The number of benzene rings is 2. The molecule has 3 rings (SSSR count). The van der Waals surface area contributed by atoms with Crippen LogP contribution in [-0.4, -0.2) is 22.2 Å². The van der Waals surface area contributed by atoms with Crippen molar-refractivity contribution >= 4 is 43.9 Å². The number of hydrogen-bond donors (Lipinski definition) is 2. The predicted octanol–water partition coefficient (Wildman–Crippen LogP) is 5.22. The predicted molar refractivity (Wildman–Crippen MR) is 102 cm³/mol. The standard InChI is InChI=1S/C11H10BrNO.C7H5BrO2/c1-7-4-10(13-6-7)9-3-2-8(12)5-11(9)14;8-6-2-1-5(4-9)7(10)3-6/h2-3,5-6,14H,4H2,1H3;1-4,10H. The molecule has 0 aromatic heterocycles. The summed E-state index contributed by atoms with van der Waals surface area (Å²) in [6.45, 7) is 2.03. The minimum atomic E-state index is 0.00405. The van der Waals surface area contributed by atoms with E-state index in [1.807, 2.05) is 25.3 Å². The van der Waals surface area contributed by atoms with Crippen molar-refractivity contribution < 1.29 is 15.0 Å². The van der Waals surface area contributed by atoms with Gasteiger partial charge in [0.1, 0.15) is 11.5 Å². The molecule has 0 unspecified atom stereocenters. The molecule has 24 heavy (non-hydrogen) atoms. The molecule has 0 spiro atoms. The highest BCUT2D eigenvalue weighted by atomic mass is 79.9. The Morgan fingerprint density at radius 2 is 1.67 bits per heavy atom. The molecule has 0 radical (unpaired) electrons. The molecule has 0 saturated carbocycles. The molecule has 1 aliphatic rings. The monoisotopic (exact) mass is 451 g/mol. The molecule has 0 amide bonds. The molecule has 2 aromatic carbocycles. The average Bonchev–Trinajstić information content (AvgIpc) is 2.94. The smallest absolute Gasteiger partial charge is 0.153 e. The highest BCUT2D eigenvalue weighted by molar-refractivity contribution is 9.10. The fraction of sp³-hybridized carbons (Fsp3) is 0.111. The van der Waals surface area contributed by atoms with Crippen molar-refractivity contribution in [2.45, 2.75) is 13.3 Å². The van der Waals surface area contributed by atoms with E-state index in [-0.39, 0.29) is 11.5 Å². The summed E-state index contributed by atoms with van der Waals surface area (Å²) in [5.74, 6) is 0.283. The van der Waals surface area contributed by atoms with Crippen LogP contribution in [0.1, 0.15) is 29.3 Å². The number of rotatable bonds is 2. The zero-order chi connectivity index (χ0) is 17.7. The van der Waals surface area contributed by atoms with Gasteiger partial charge in [0.05, 0.1) is 11.3 Å². The Bertz CT molecular complexity index is 829. The van der Waals surface area contributed by atoms with Gasteiger partial charge in [0, 0.05) is 27.1 Å². The van der Waals surface area contributed by atoms with Crippen LogP contribution >= 0.6 is 31.9 Å². The van der Waals surface area contributed by atoms with Gasteiger partial charge in [-0.3, -0.25) is 9.79 Å². The van der Waals surface area contributed by atoms with E-state index >= 15 is 0 Å². The number of phenols is 2. The maximum atomic E-state index is 10.2. The molecule has 4 nitrogen and oxygen atoms in total. The summed E-state index contributed by atoms with van der Waals surface area (Å²) in [5, 5.41) is 18.7. The molecule has 6 heteroatoms. The van der Waals surface area contributed by atoms with Crippen molar-refractivity contribution in [3.63, 3.8) is 0 Å². The number of aliphatic imine (C=N–C) groups is 1. The average molecular weight is 453 g/mol. The number of aldehydes is 1. The maximum absolute atomic E-state index is 10.2. The molecule has 0 atom stereocenters. The highest BCUT2D eigenvalue weighted by Gasteiger charge is 2.12. The third-order valence-electron chi connectivity index (χ3n) is 3.28. The first-order valence-electron chi connectivity index (χ1n) is 7.05. The van der Waals surface area contributed by atoms with Gasteiger partial charge in [-0.05, 0) is 48.9 Å². The summed E-state index contributed by atoms with van der Waals surface area (Å²) in [7, 11) is 0. The second kappa shape index (κ2) is 8.26. The third-order valence-corrected chi connectivity index (χ3v) is 4.26. The SMILES string of the molecule is CC1=CN=C(c2ccc(Br)cc2O)C1.O=Cc1ccc(Br)cc1O. The Balaban J connectivity index is 0.000000185. The lowest BCUT2D eigenvalue weighted by Gasteiger charge is -2.04. The van der Waals surface area contributed by atoms with Crippen LogP contribution < -0.4 is 0 Å². The highest BCUT2D eigenvalue weighted by Crippen LogP contribution is 2.27. The van der Waals surface area contributed by atoms with Crippen LogP contribution in [-0.2, 0) is 0 Å². The molecule has 1 aliphatic heterocycles. The van der Waals surface area contributed by atoms with E-state index in [0.29, 0.717) is 11.8 Å². The van der Waals surface area contributed by atoms with E-state index in [2.05, 4.69) is 36.9 Å². The van der Waals surface area contributed by atoms with Crippen molar-refractivity contribution in [2.75, 3.05) is 0 Å². The molecule has 0 fully saturated rings. The van der Waals surface area contributed by atoms with Crippen LogP contribution in [0.2, 0.25) is 0 Å². The van der Waals surface area contributed by atoms with Crippen molar-refractivity contribution in [3.05, 3.63) is 68.2 Å². The number of hydrogen-bond acceptors (Lipinski definition) is 4. The van der Waals surface area contributed by atoms with Crippen LogP contribution in [0.4, 0.5) is 0 Å². The number of carbonyl (C=O) groups excluding carboxylic acids is 1. The lowest BCUT2D eigenvalue weighted by Crippen LogP contribution is -1.97. The summed E-state index contributed by atoms with van der Waals surface area (Å²) < 4.78 is 1.64. The second-order valence-electron chi connectivity index (χ2n) is 5.21. The maximum Gasteiger partial charge on any atom is 0.153 e. The molecule has 1 heterocycles. The number of nitrogens with zero attached hydrogens (tertiary/aromatic N) is 1. The Labute approximate surface area is 156 Å². The van der Waals surface area contributed by atoms with Crippen LogP contribution in [0.3, 0.4) is 0 Å². The van der Waals surface area contributed by atoms with E-state index in [1.54, 1.807) is 18.2 Å². The number of carbonyl (C=O) groups is 1. The fourth-order valence-corrected chi connectivity index (χ4v) is 2.77. The van der Waals surface area contributed by atoms with Crippen LogP contribution in [0, 0.1) is 0 Å². The zero-order valence-corrected chi connectivity index (χ0v) is 16.0. The van der Waals surface area contributed by atoms with Gasteiger partial charge in [-0.25, -0.2) is 0 Å². The van der Waals surface area contributed by atoms with E-state index in [1.165, 1.54) is 11.6 Å². The van der Waals surface area contributed by atoms with Gasteiger partial charge in [0.2, 0.25) is 0 Å². The summed E-state index contributed by atoms with van der Waals surface area (Å²) in [5.41, 5.74) is 3.29. The Morgan fingerprint density at radius 3 is 2.17 bits per heavy atom. The van der Waals surface area contributed by atoms with Gasteiger partial charge in [0.25, 0.3) is 0 Å². The van der Waals surface area contributed by atoms with Crippen LogP contribution in [0.15, 0.2) is 62.1 Å². The third kappa shape index (κ3) is 4.79. The van der Waals surface area contributed by atoms with Gasteiger partial charge in [-0.2, -0.15) is 0 Å². The molecular weight excluding hydrogens is 438 g/mol. The Hall–Kier alpha value is -1.92. The van der Waals surface area contributed by atoms with Gasteiger partial charge in [0.15, 0.2) is 6.29 Å². The first-order chi connectivity index (χ1) is 11.4. The number of aromatic hydroxyl groups is 2. The lowest BCUT2D eigenvalue weighted by atomic mass is 10.0. The fourth-order valence-electron chi connectivity index (χ4n) is 2.07. The number of phenolic OH excluding ortho intramolecular Hbond substituents is 2. The first-order valence-corrected chi connectivity index (χ1v) is 8.64. The first kappa shape index (κ1) is 18.4. The van der Waals surface area contributed by atoms with E-state index < -0.39 is 0 Å². The normalized spacial score (nSPS) is 12.8. The van der Waals surface area contributed by atoms with Gasteiger partial charge < -0.3 is 10.2 Å². The quantitative estimate of drug-likeness (QED) is 0.613. The molecule has 0 saturated heterocycles. The second-order valence-corrected chi connectivity index (χ2v) is 7.04. The van der Waals surface area contributed by atoms with E-state index in [9.17, 15) is 9.90 Å². The largest absolute Gasteiger partial charge is 0.507 e. The Morgan fingerprint density at radius 1 is 1.04 bits per heavy atom.